The van der Waals surface area contributed by atoms with Gasteiger partial charge in [-0.2, -0.15) is 0 Å². The third kappa shape index (κ3) is 1.96. The number of rotatable bonds is 2. The summed E-state index contributed by atoms with van der Waals surface area (Å²) in [5.74, 6) is -0.327. The SMILES string of the molecule is C[C@H](C(=O)O)c1ccc2c(c1)CCCO2. The molecule has 2 rings (SSSR count). The third-order valence-electron chi connectivity index (χ3n) is 2.80. The predicted octanol–water partition coefficient (Wildman–Crippen LogP) is 2.20. The van der Waals surface area contributed by atoms with Crippen molar-refractivity contribution in [2.45, 2.75) is 25.7 Å². The molecule has 80 valence electrons. The summed E-state index contributed by atoms with van der Waals surface area (Å²) in [7, 11) is 0. The van der Waals surface area contributed by atoms with Crippen LogP contribution in [0.4, 0.5) is 0 Å². The van der Waals surface area contributed by atoms with E-state index in [2.05, 4.69) is 0 Å². The molecule has 1 N–H and O–H groups in total. The summed E-state index contributed by atoms with van der Waals surface area (Å²) in [4.78, 5) is 10.8. The van der Waals surface area contributed by atoms with E-state index < -0.39 is 11.9 Å². The molecule has 0 saturated heterocycles. The summed E-state index contributed by atoms with van der Waals surface area (Å²) in [6.07, 6.45) is 1.99. The first-order valence-corrected chi connectivity index (χ1v) is 5.17. The zero-order valence-corrected chi connectivity index (χ0v) is 8.69. The van der Waals surface area contributed by atoms with E-state index in [9.17, 15) is 4.79 Å². The molecule has 1 aromatic carbocycles. The van der Waals surface area contributed by atoms with Crippen molar-refractivity contribution in [1.29, 1.82) is 0 Å². The molecule has 0 amide bonds. The van der Waals surface area contributed by atoms with Crippen molar-refractivity contribution in [3.63, 3.8) is 0 Å². The Kier molecular flexibility index (Phi) is 2.62. The molecule has 3 nitrogen and oxygen atoms in total. The fraction of sp³-hybridized carbons (Fsp3) is 0.417. The van der Waals surface area contributed by atoms with E-state index in [1.165, 1.54) is 0 Å². The highest BCUT2D eigenvalue weighted by Crippen LogP contribution is 2.28. The lowest BCUT2D eigenvalue weighted by Crippen LogP contribution is -2.11. The maximum Gasteiger partial charge on any atom is 0.310 e. The summed E-state index contributed by atoms with van der Waals surface area (Å²) < 4.78 is 5.47. The molecular weight excluding hydrogens is 192 g/mol. The second kappa shape index (κ2) is 3.93. The van der Waals surface area contributed by atoms with Crippen molar-refractivity contribution in [2.75, 3.05) is 6.61 Å². The number of carbonyl (C=O) groups is 1. The quantitative estimate of drug-likeness (QED) is 0.806. The first-order valence-electron chi connectivity index (χ1n) is 5.17. The lowest BCUT2D eigenvalue weighted by atomic mass is 9.96. The van der Waals surface area contributed by atoms with E-state index in [1.807, 2.05) is 18.2 Å². The van der Waals surface area contributed by atoms with E-state index in [0.29, 0.717) is 0 Å². The molecular formula is C12H14O3. The zero-order valence-electron chi connectivity index (χ0n) is 8.69. The van der Waals surface area contributed by atoms with Crippen LogP contribution >= 0.6 is 0 Å². The number of hydrogen-bond acceptors (Lipinski definition) is 2. The molecule has 0 spiro atoms. The van der Waals surface area contributed by atoms with Crippen LogP contribution in [0.2, 0.25) is 0 Å². The van der Waals surface area contributed by atoms with E-state index in [0.717, 1.165) is 36.3 Å². The Hall–Kier alpha value is -1.51. The number of aryl methyl sites for hydroxylation is 1. The standard InChI is InChI=1S/C12H14O3/c1-8(12(13)14)9-4-5-11-10(7-9)3-2-6-15-11/h4-5,7-8H,2-3,6H2,1H3,(H,13,14)/t8-/m0/s1. The molecule has 0 radical (unpaired) electrons. The summed E-state index contributed by atoms with van der Waals surface area (Å²) in [6, 6.07) is 5.67. The van der Waals surface area contributed by atoms with Gasteiger partial charge in [0.2, 0.25) is 0 Å². The minimum Gasteiger partial charge on any atom is -0.493 e. The zero-order chi connectivity index (χ0) is 10.8. The van der Waals surface area contributed by atoms with Gasteiger partial charge in [-0.15, -0.1) is 0 Å². The summed E-state index contributed by atoms with van der Waals surface area (Å²) >= 11 is 0. The highest BCUT2D eigenvalue weighted by Gasteiger charge is 2.17. The number of aliphatic carboxylic acids is 1. The van der Waals surface area contributed by atoms with Crippen molar-refractivity contribution in [1.82, 2.24) is 0 Å². The molecule has 0 aromatic heterocycles. The Morgan fingerprint density at radius 3 is 3.07 bits per heavy atom. The summed E-state index contributed by atoms with van der Waals surface area (Å²) in [5.41, 5.74) is 1.98. The topological polar surface area (TPSA) is 46.5 Å². The van der Waals surface area contributed by atoms with Gasteiger partial charge in [0.1, 0.15) is 5.75 Å². The number of carboxylic acids is 1. The van der Waals surface area contributed by atoms with Gasteiger partial charge in [0, 0.05) is 0 Å². The third-order valence-corrected chi connectivity index (χ3v) is 2.80. The lowest BCUT2D eigenvalue weighted by Gasteiger charge is -2.18. The summed E-state index contributed by atoms with van der Waals surface area (Å²) in [6.45, 7) is 2.47. The van der Waals surface area contributed by atoms with E-state index in [-0.39, 0.29) is 0 Å². The Labute approximate surface area is 88.7 Å². The average molecular weight is 206 g/mol. The van der Waals surface area contributed by atoms with Crippen LogP contribution in [-0.4, -0.2) is 17.7 Å². The Balaban J connectivity index is 2.31. The number of fused-ring (bicyclic) bond motifs is 1. The van der Waals surface area contributed by atoms with Crippen LogP contribution in [0.15, 0.2) is 18.2 Å². The van der Waals surface area contributed by atoms with E-state index in [4.69, 9.17) is 9.84 Å². The van der Waals surface area contributed by atoms with Gasteiger partial charge in [-0.3, -0.25) is 4.79 Å². The monoisotopic (exact) mass is 206 g/mol. The van der Waals surface area contributed by atoms with Crippen LogP contribution in [0.3, 0.4) is 0 Å². The van der Waals surface area contributed by atoms with Crippen LogP contribution < -0.4 is 4.74 Å². The van der Waals surface area contributed by atoms with Crippen LogP contribution in [0.25, 0.3) is 0 Å². The molecule has 0 bridgehead atoms. The van der Waals surface area contributed by atoms with Gasteiger partial charge in [-0.25, -0.2) is 0 Å². The number of benzene rings is 1. The molecule has 1 aromatic rings. The van der Waals surface area contributed by atoms with Crippen LogP contribution in [-0.2, 0) is 11.2 Å². The van der Waals surface area contributed by atoms with Crippen LogP contribution in [0, 0.1) is 0 Å². The van der Waals surface area contributed by atoms with E-state index in [1.54, 1.807) is 6.92 Å². The molecule has 1 aliphatic rings. The second-order valence-electron chi connectivity index (χ2n) is 3.88. The van der Waals surface area contributed by atoms with Crippen molar-refractivity contribution >= 4 is 5.97 Å². The second-order valence-corrected chi connectivity index (χ2v) is 3.88. The molecule has 0 saturated carbocycles. The largest absolute Gasteiger partial charge is 0.493 e. The van der Waals surface area contributed by atoms with Crippen molar-refractivity contribution in [3.8, 4) is 5.75 Å². The maximum atomic E-state index is 10.8. The smallest absolute Gasteiger partial charge is 0.310 e. The van der Waals surface area contributed by atoms with Crippen LogP contribution in [0.5, 0.6) is 5.75 Å². The van der Waals surface area contributed by atoms with Crippen LogP contribution in [0.1, 0.15) is 30.4 Å². The van der Waals surface area contributed by atoms with Gasteiger partial charge in [0.15, 0.2) is 0 Å². The molecule has 0 aliphatic carbocycles. The Morgan fingerprint density at radius 2 is 2.33 bits per heavy atom. The molecule has 1 atom stereocenters. The van der Waals surface area contributed by atoms with Gasteiger partial charge < -0.3 is 9.84 Å². The van der Waals surface area contributed by atoms with Gasteiger partial charge in [-0.05, 0) is 37.0 Å². The molecule has 0 fully saturated rings. The number of carboxylic acid groups (broad SMARTS) is 1. The predicted molar refractivity (Wildman–Crippen MR) is 56.3 cm³/mol. The maximum absolute atomic E-state index is 10.8. The minimum atomic E-state index is -0.785. The summed E-state index contributed by atoms with van der Waals surface area (Å²) in [5, 5.41) is 8.91. The van der Waals surface area contributed by atoms with Crippen molar-refractivity contribution in [2.24, 2.45) is 0 Å². The molecule has 1 heterocycles. The Bertz CT molecular complexity index is 384. The highest BCUT2D eigenvalue weighted by molar-refractivity contribution is 5.75. The van der Waals surface area contributed by atoms with Crippen molar-refractivity contribution in [3.05, 3.63) is 29.3 Å². The van der Waals surface area contributed by atoms with Gasteiger partial charge >= 0.3 is 5.97 Å². The number of ether oxygens (including phenoxy) is 1. The van der Waals surface area contributed by atoms with Gasteiger partial charge in [0.05, 0.1) is 12.5 Å². The fourth-order valence-corrected chi connectivity index (χ4v) is 1.79. The van der Waals surface area contributed by atoms with Gasteiger partial charge in [0.25, 0.3) is 0 Å². The normalized spacial score (nSPS) is 16.3. The minimum absolute atomic E-state index is 0.447. The molecule has 3 heteroatoms. The molecule has 0 unspecified atom stereocenters. The highest BCUT2D eigenvalue weighted by atomic mass is 16.5. The molecule has 15 heavy (non-hydrogen) atoms. The lowest BCUT2D eigenvalue weighted by molar-refractivity contribution is -0.138. The van der Waals surface area contributed by atoms with Gasteiger partial charge in [-0.1, -0.05) is 12.1 Å². The first kappa shape index (κ1) is 10.0. The average Bonchev–Trinajstić information content (AvgIpc) is 2.27. The van der Waals surface area contributed by atoms with Crippen molar-refractivity contribution < 1.29 is 14.6 Å². The van der Waals surface area contributed by atoms with E-state index >= 15 is 0 Å². The number of hydrogen-bond donors (Lipinski definition) is 1. The Morgan fingerprint density at radius 1 is 1.53 bits per heavy atom. The fourth-order valence-electron chi connectivity index (χ4n) is 1.79. The first-order chi connectivity index (χ1) is 7.18. The molecule has 1 aliphatic heterocycles.